The SMILES string of the molecule is CN(CCO)C(=O)CCN1C(=O)c2ccccc2C1=O. The van der Waals surface area contributed by atoms with Gasteiger partial charge >= 0.3 is 0 Å². The fraction of sp³-hybridized carbons (Fsp3) is 0.357. The molecule has 0 saturated carbocycles. The lowest BCUT2D eigenvalue weighted by molar-refractivity contribution is -0.130. The minimum atomic E-state index is -0.358. The molecular weight excluding hydrogens is 260 g/mol. The molecule has 6 heteroatoms. The molecule has 0 atom stereocenters. The van der Waals surface area contributed by atoms with Crippen molar-refractivity contribution in [2.24, 2.45) is 0 Å². The lowest BCUT2D eigenvalue weighted by Gasteiger charge is -2.18. The number of imide groups is 1. The molecule has 0 saturated heterocycles. The van der Waals surface area contributed by atoms with Crippen LogP contribution in [0.15, 0.2) is 24.3 Å². The van der Waals surface area contributed by atoms with Gasteiger partial charge in [0.2, 0.25) is 5.91 Å². The van der Waals surface area contributed by atoms with Crippen LogP contribution in [0.1, 0.15) is 27.1 Å². The highest BCUT2D eigenvalue weighted by atomic mass is 16.3. The van der Waals surface area contributed by atoms with E-state index in [1.807, 2.05) is 0 Å². The first-order valence-corrected chi connectivity index (χ1v) is 6.36. The van der Waals surface area contributed by atoms with Crippen molar-refractivity contribution in [1.29, 1.82) is 0 Å². The van der Waals surface area contributed by atoms with Gasteiger partial charge in [-0.2, -0.15) is 0 Å². The summed E-state index contributed by atoms with van der Waals surface area (Å²) in [6.07, 6.45) is 0.0575. The van der Waals surface area contributed by atoms with Crippen LogP contribution in [-0.2, 0) is 4.79 Å². The number of hydrogen-bond acceptors (Lipinski definition) is 4. The van der Waals surface area contributed by atoms with Gasteiger partial charge in [-0.3, -0.25) is 19.3 Å². The summed E-state index contributed by atoms with van der Waals surface area (Å²) in [5, 5.41) is 8.76. The molecule has 2 rings (SSSR count). The fourth-order valence-electron chi connectivity index (χ4n) is 2.12. The Morgan fingerprint density at radius 1 is 1.20 bits per heavy atom. The van der Waals surface area contributed by atoms with Crippen molar-refractivity contribution in [2.45, 2.75) is 6.42 Å². The zero-order valence-corrected chi connectivity index (χ0v) is 11.2. The van der Waals surface area contributed by atoms with Gasteiger partial charge in [0.25, 0.3) is 11.8 Å². The van der Waals surface area contributed by atoms with E-state index in [-0.39, 0.29) is 43.8 Å². The van der Waals surface area contributed by atoms with Crippen molar-refractivity contribution in [3.8, 4) is 0 Å². The van der Waals surface area contributed by atoms with Gasteiger partial charge in [-0.1, -0.05) is 12.1 Å². The second-order valence-electron chi connectivity index (χ2n) is 4.60. The van der Waals surface area contributed by atoms with Gasteiger partial charge in [0.05, 0.1) is 17.7 Å². The number of rotatable bonds is 5. The van der Waals surface area contributed by atoms with Crippen molar-refractivity contribution >= 4 is 17.7 Å². The van der Waals surface area contributed by atoms with Crippen LogP contribution in [0.2, 0.25) is 0 Å². The molecule has 0 bridgehead atoms. The second kappa shape index (κ2) is 5.83. The third-order valence-electron chi connectivity index (χ3n) is 3.29. The summed E-state index contributed by atoms with van der Waals surface area (Å²) in [7, 11) is 1.57. The first kappa shape index (κ1) is 14.2. The molecular formula is C14H16N2O4. The number of aliphatic hydroxyl groups is 1. The van der Waals surface area contributed by atoms with E-state index in [1.54, 1.807) is 31.3 Å². The zero-order chi connectivity index (χ0) is 14.7. The summed E-state index contributed by atoms with van der Waals surface area (Å²) in [6.45, 7) is 0.178. The summed E-state index contributed by atoms with van der Waals surface area (Å²) in [4.78, 5) is 38.3. The number of hydrogen-bond donors (Lipinski definition) is 1. The van der Waals surface area contributed by atoms with Crippen LogP contribution < -0.4 is 0 Å². The van der Waals surface area contributed by atoms with Crippen molar-refractivity contribution in [3.63, 3.8) is 0 Å². The van der Waals surface area contributed by atoms with E-state index in [9.17, 15) is 14.4 Å². The van der Waals surface area contributed by atoms with Crippen molar-refractivity contribution in [1.82, 2.24) is 9.80 Å². The number of benzene rings is 1. The number of likely N-dealkylation sites (N-methyl/N-ethyl adjacent to an activating group) is 1. The Bertz CT molecular complexity index is 521. The van der Waals surface area contributed by atoms with Crippen LogP contribution in [0.25, 0.3) is 0 Å². The predicted molar refractivity (Wildman–Crippen MR) is 71.1 cm³/mol. The normalized spacial score (nSPS) is 13.6. The highest BCUT2D eigenvalue weighted by Crippen LogP contribution is 2.22. The third-order valence-corrected chi connectivity index (χ3v) is 3.29. The van der Waals surface area contributed by atoms with Crippen molar-refractivity contribution < 1.29 is 19.5 Å². The molecule has 0 fully saturated rings. The predicted octanol–water partition coefficient (Wildman–Crippen LogP) is 0.123. The second-order valence-corrected chi connectivity index (χ2v) is 4.60. The molecule has 1 aliphatic heterocycles. The maximum Gasteiger partial charge on any atom is 0.261 e. The Morgan fingerprint density at radius 2 is 1.75 bits per heavy atom. The minimum absolute atomic E-state index is 0.0565. The maximum atomic E-state index is 12.1. The first-order valence-electron chi connectivity index (χ1n) is 6.36. The van der Waals surface area contributed by atoms with Crippen LogP contribution in [-0.4, -0.2) is 59.4 Å². The molecule has 0 aromatic heterocycles. The molecule has 1 aromatic rings. The molecule has 1 aliphatic rings. The number of nitrogens with zero attached hydrogens (tertiary/aromatic N) is 2. The summed E-state index contributed by atoms with van der Waals surface area (Å²) in [5.74, 6) is -0.929. The van der Waals surface area contributed by atoms with Crippen molar-refractivity contribution in [3.05, 3.63) is 35.4 Å². The van der Waals surface area contributed by atoms with Crippen LogP contribution in [0.4, 0.5) is 0 Å². The highest BCUT2D eigenvalue weighted by molar-refractivity contribution is 6.21. The average Bonchev–Trinajstić information content (AvgIpc) is 2.69. The van der Waals surface area contributed by atoms with Gasteiger partial charge in [-0.15, -0.1) is 0 Å². The lowest BCUT2D eigenvalue weighted by atomic mass is 10.1. The number of aliphatic hydroxyl groups excluding tert-OH is 1. The van der Waals surface area contributed by atoms with Crippen LogP contribution in [0, 0.1) is 0 Å². The molecule has 0 spiro atoms. The molecule has 3 amide bonds. The summed E-state index contributed by atoms with van der Waals surface area (Å²) in [5.41, 5.74) is 0.766. The molecule has 20 heavy (non-hydrogen) atoms. The Kier molecular flexibility index (Phi) is 4.14. The average molecular weight is 276 g/mol. The number of carbonyl (C=O) groups is 3. The number of carbonyl (C=O) groups excluding carboxylic acids is 3. The third kappa shape index (κ3) is 2.55. The molecule has 0 unspecified atom stereocenters. The Labute approximate surface area is 116 Å². The lowest BCUT2D eigenvalue weighted by Crippen LogP contribution is -2.36. The van der Waals surface area contributed by atoms with Gasteiger partial charge in [-0.05, 0) is 12.1 Å². The molecule has 1 aromatic carbocycles. The van der Waals surface area contributed by atoms with E-state index in [0.29, 0.717) is 11.1 Å². The van der Waals surface area contributed by atoms with Crippen molar-refractivity contribution in [2.75, 3.05) is 26.7 Å². The quantitative estimate of drug-likeness (QED) is 0.775. The topological polar surface area (TPSA) is 77.9 Å². The van der Waals surface area contributed by atoms with Gasteiger partial charge in [0.15, 0.2) is 0 Å². The van der Waals surface area contributed by atoms with Crippen LogP contribution in [0.5, 0.6) is 0 Å². The molecule has 106 valence electrons. The van der Waals surface area contributed by atoms with Gasteiger partial charge in [-0.25, -0.2) is 0 Å². The van der Waals surface area contributed by atoms with Gasteiger partial charge < -0.3 is 10.0 Å². The Morgan fingerprint density at radius 3 is 2.25 bits per heavy atom. The van der Waals surface area contributed by atoms with E-state index in [0.717, 1.165) is 4.90 Å². The summed E-state index contributed by atoms with van der Waals surface area (Å²) < 4.78 is 0. The molecule has 1 N–H and O–H groups in total. The standard InChI is InChI=1S/C14H16N2O4/c1-15(8-9-17)12(18)6-7-16-13(19)10-4-2-3-5-11(10)14(16)20/h2-5,17H,6-9H2,1H3. The molecule has 0 aliphatic carbocycles. The van der Waals surface area contributed by atoms with E-state index in [1.165, 1.54) is 4.90 Å². The Balaban J connectivity index is 2.01. The summed E-state index contributed by atoms with van der Waals surface area (Å²) in [6, 6.07) is 6.62. The van der Waals surface area contributed by atoms with E-state index < -0.39 is 0 Å². The smallest absolute Gasteiger partial charge is 0.261 e. The van der Waals surface area contributed by atoms with E-state index in [4.69, 9.17) is 5.11 Å². The zero-order valence-electron chi connectivity index (χ0n) is 11.2. The molecule has 1 heterocycles. The first-order chi connectivity index (χ1) is 9.56. The van der Waals surface area contributed by atoms with E-state index in [2.05, 4.69) is 0 Å². The summed E-state index contributed by atoms with van der Waals surface area (Å²) >= 11 is 0. The van der Waals surface area contributed by atoms with Crippen LogP contribution >= 0.6 is 0 Å². The highest BCUT2D eigenvalue weighted by Gasteiger charge is 2.35. The molecule has 6 nitrogen and oxygen atoms in total. The van der Waals surface area contributed by atoms with Gasteiger partial charge in [0, 0.05) is 26.6 Å². The van der Waals surface area contributed by atoms with Gasteiger partial charge in [0.1, 0.15) is 0 Å². The largest absolute Gasteiger partial charge is 0.395 e. The maximum absolute atomic E-state index is 12.1. The van der Waals surface area contributed by atoms with Crippen LogP contribution in [0.3, 0.4) is 0 Å². The Hall–Kier alpha value is -2.21. The monoisotopic (exact) mass is 276 g/mol. The minimum Gasteiger partial charge on any atom is -0.395 e. The fourth-order valence-corrected chi connectivity index (χ4v) is 2.12. The molecule has 0 radical (unpaired) electrons. The number of fused-ring (bicyclic) bond motifs is 1. The number of amides is 3. The van der Waals surface area contributed by atoms with E-state index >= 15 is 0 Å².